The molecule has 0 spiro atoms. The minimum absolute atomic E-state index is 0.277. The molecule has 1 aromatic rings. The number of hydrogen-bond acceptors (Lipinski definition) is 2. The molecule has 0 aromatic heterocycles. The molecule has 0 heterocycles. The fraction of sp³-hybridized carbons (Fsp3) is 0.647. The Balaban J connectivity index is 1.97. The first-order valence-electron chi connectivity index (χ1n) is 7.54. The lowest BCUT2D eigenvalue weighted by Crippen LogP contribution is -2.62. The van der Waals surface area contributed by atoms with Gasteiger partial charge in [0.05, 0.1) is 6.10 Å². The fourth-order valence-electron chi connectivity index (χ4n) is 3.15. The summed E-state index contributed by atoms with van der Waals surface area (Å²) in [4.78, 5) is 0. The van der Waals surface area contributed by atoms with Gasteiger partial charge in [0.15, 0.2) is 0 Å². The Kier molecular flexibility index (Phi) is 4.64. The third-order valence-corrected chi connectivity index (χ3v) is 4.86. The van der Waals surface area contributed by atoms with Crippen LogP contribution in [0, 0.1) is 5.41 Å². The zero-order valence-electron chi connectivity index (χ0n) is 12.6. The van der Waals surface area contributed by atoms with E-state index < -0.39 is 0 Å². The lowest BCUT2D eigenvalue weighted by atomic mass is 9.61. The average molecular weight is 261 g/mol. The molecule has 19 heavy (non-hydrogen) atoms. The van der Waals surface area contributed by atoms with E-state index in [2.05, 4.69) is 63.3 Å². The second-order valence-electron chi connectivity index (χ2n) is 5.89. The van der Waals surface area contributed by atoms with Gasteiger partial charge < -0.3 is 10.1 Å². The molecule has 0 bridgehead atoms. The zero-order chi connectivity index (χ0) is 13.9. The molecule has 0 aliphatic heterocycles. The predicted molar refractivity (Wildman–Crippen MR) is 80.2 cm³/mol. The highest BCUT2D eigenvalue weighted by atomic mass is 16.5. The summed E-state index contributed by atoms with van der Waals surface area (Å²) in [7, 11) is 0. The number of rotatable bonds is 6. The van der Waals surface area contributed by atoms with E-state index in [4.69, 9.17) is 4.74 Å². The summed E-state index contributed by atoms with van der Waals surface area (Å²) in [5.74, 6) is 0. The molecule has 3 unspecified atom stereocenters. The Morgan fingerprint density at radius 1 is 1.32 bits per heavy atom. The van der Waals surface area contributed by atoms with Crippen molar-refractivity contribution in [2.75, 3.05) is 6.61 Å². The average Bonchev–Trinajstić information content (AvgIpc) is 2.46. The number of benzene rings is 1. The van der Waals surface area contributed by atoms with Gasteiger partial charge in [-0.15, -0.1) is 0 Å². The summed E-state index contributed by atoms with van der Waals surface area (Å²) in [6.45, 7) is 9.78. The van der Waals surface area contributed by atoms with Crippen LogP contribution in [0.4, 0.5) is 0 Å². The molecule has 1 fully saturated rings. The van der Waals surface area contributed by atoms with Crippen LogP contribution in [0.2, 0.25) is 0 Å². The number of ether oxygens (including phenoxy) is 1. The van der Waals surface area contributed by atoms with Crippen molar-refractivity contribution in [2.24, 2.45) is 5.41 Å². The third kappa shape index (κ3) is 2.85. The molecule has 106 valence electrons. The quantitative estimate of drug-likeness (QED) is 0.837. The topological polar surface area (TPSA) is 21.3 Å². The smallest absolute Gasteiger partial charge is 0.0658 e. The molecule has 1 aliphatic carbocycles. The van der Waals surface area contributed by atoms with Gasteiger partial charge in [0.2, 0.25) is 0 Å². The molecular weight excluding hydrogens is 234 g/mol. The highest BCUT2D eigenvalue weighted by molar-refractivity contribution is 5.19. The molecule has 1 aliphatic rings. The van der Waals surface area contributed by atoms with Crippen LogP contribution < -0.4 is 5.32 Å². The maximum Gasteiger partial charge on any atom is 0.0658 e. The van der Waals surface area contributed by atoms with Gasteiger partial charge in [-0.2, -0.15) is 0 Å². The van der Waals surface area contributed by atoms with Gasteiger partial charge >= 0.3 is 0 Å². The van der Waals surface area contributed by atoms with Gasteiger partial charge in [-0.25, -0.2) is 0 Å². The standard InChI is InChI=1S/C17H27NO/c1-5-17(4)15(12-16(17)19-6-2)18-13(3)14-10-8-7-9-11-14/h7-11,13,15-16,18H,5-6,12H2,1-4H3/t13-,15?,16?,17?/m1/s1. The molecule has 2 heteroatoms. The minimum Gasteiger partial charge on any atom is -0.378 e. The lowest BCUT2D eigenvalue weighted by molar-refractivity contribution is -0.127. The maximum atomic E-state index is 5.86. The molecule has 0 radical (unpaired) electrons. The molecule has 2 nitrogen and oxygen atoms in total. The van der Waals surface area contributed by atoms with E-state index >= 15 is 0 Å². The minimum atomic E-state index is 0.277. The van der Waals surface area contributed by atoms with Crippen molar-refractivity contribution in [1.82, 2.24) is 5.32 Å². The lowest BCUT2D eigenvalue weighted by Gasteiger charge is -2.54. The van der Waals surface area contributed by atoms with E-state index in [1.807, 2.05) is 0 Å². The van der Waals surface area contributed by atoms with Crippen LogP contribution in [0.25, 0.3) is 0 Å². The van der Waals surface area contributed by atoms with E-state index in [1.165, 1.54) is 5.56 Å². The SMILES string of the molecule is CCOC1CC(N[C@H](C)c2ccccc2)C1(C)CC. The monoisotopic (exact) mass is 261 g/mol. The van der Waals surface area contributed by atoms with Crippen LogP contribution in [0.3, 0.4) is 0 Å². The molecule has 1 aromatic carbocycles. The van der Waals surface area contributed by atoms with Crippen LogP contribution >= 0.6 is 0 Å². The Morgan fingerprint density at radius 3 is 2.58 bits per heavy atom. The Hall–Kier alpha value is -0.860. The van der Waals surface area contributed by atoms with Gasteiger partial charge in [0.25, 0.3) is 0 Å². The third-order valence-electron chi connectivity index (χ3n) is 4.86. The largest absolute Gasteiger partial charge is 0.378 e. The summed E-state index contributed by atoms with van der Waals surface area (Å²) >= 11 is 0. The highest BCUT2D eigenvalue weighted by Crippen LogP contribution is 2.46. The molecule has 0 saturated heterocycles. The van der Waals surface area contributed by atoms with Crippen molar-refractivity contribution >= 4 is 0 Å². The van der Waals surface area contributed by atoms with E-state index in [0.29, 0.717) is 18.2 Å². The van der Waals surface area contributed by atoms with Gasteiger partial charge in [-0.3, -0.25) is 0 Å². The first-order valence-corrected chi connectivity index (χ1v) is 7.54. The maximum absolute atomic E-state index is 5.86. The van der Waals surface area contributed by atoms with Gasteiger partial charge in [0, 0.05) is 24.1 Å². The second-order valence-corrected chi connectivity index (χ2v) is 5.89. The summed E-state index contributed by atoms with van der Waals surface area (Å²) in [6.07, 6.45) is 2.72. The van der Waals surface area contributed by atoms with Crippen LogP contribution in [0.1, 0.15) is 52.1 Å². The first kappa shape index (κ1) is 14.5. The van der Waals surface area contributed by atoms with Gasteiger partial charge in [0.1, 0.15) is 0 Å². The van der Waals surface area contributed by atoms with E-state index in [1.54, 1.807) is 0 Å². The van der Waals surface area contributed by atoms with Crippen molar-refractivity contribution < 1.29 is 4.74 Å². The molecule has 1 N–H and O–H groups in total. The Bertz CT molecular complexity index is 392. The molecule has 4 atom stereocenters. The fourth-order valence-corrected chi connectivity index (χ4v) is 3.15. The highest BCUT2D eigenvalue weighted by Gasteiger charge is 2.51. The molecular formula is C17H27NO. The summed E-state index contributed by atoms with van der Waals surface area (Å²) in [6, 6.07) is 11.6. The molecule has 1 saturated carbocycles. The van der Waals surface area contributed by atoms with Crippen LogP contribution in [-0.4, -0.2) is 18.8 Å². The van der Waals surface area contributed by atoms with Crippen LogP contribution in [0.5, 0.6) is 0 Å². The summed E-state index contributed by atoms with van der Waals surface area (Å²) in [5.41, 5.74) is 1.64. The normalized spacial score (nSPS) is 31.8. The molecule has 2 rings (SSSR count). The van der Waals surface area contributed by atoms with E-state index in [0.717, 1.165) is 19.4 Å². The zero-order valence-corrected chi connectivity index (χ0v) is 12.6. The number of nitrogens with one attached hydrogen (secondary N) is 1. The van der Waals surface area contributed by atoms with Crippen molar-refractivity contribution in [3.63, 3.8) is 0 Å². The van der Waals surface area contributed by atoms with Crippen molar-refractivity contribution in [2.45, 2.75) is 58.7 Å². The van der Waals surface area contributed by atoms with Crippen molar-refractivity contribution in [3.05, 3.63) is 35.9 Å². The van der Waals surface area contributed by atoms with Crippen LogP contribution in [-0.2, 0) is 4.74 Å². The van der Waals surface area contributed by atoms with E-state index in [-0.39, 0.29) is 5.41 Å². The first-order chi connectivity index (χ1) is 9.11. The summed E-state index contributed by atoms with van der Waals surface area (Å²) in [5, 5.41) is 3.78. The number of hydrogen-bond donors (Lipinski definition) is 1. The van der Waals surface area contributed by atoms with Crippen molar-refractivity contribution in [3.8, 4) is 0 Å². The van der Waals surface area contributed by atoms with Gasteiger partial charge in [-0.1, -0.05) is 44.2 Å². The van der Waals surface area contributed by atoms with E-state index in [9.17, 15) is 0 Å². The summed E-state index contributed by atoms with van der Waals surface area (Å²) < 4.78 is 5.86. The second kappa shape index (κ2) is 6.06. The molecule has 0 amide bonds. The Labute approximate surface area is 117 Å². The van der Waals surface area contributed by atoms with Crippen LogP contribution in [0.15, 0.2) is 30.3 Å². The predicted octanol–water partition coefficient (Wildman–Crippen LogP) is 3.93. The van der Waals surface area contributed by atoms with Crippen molar-refractivity contribution in [1.29, 1.82) is 0 Å². The Morgan fingerprint density at radius 2 is 2.00 bits per heavy atom. The van der Waals surface area contributed by atoms with Gasteiger partial charge in [-0.05, 0) is 32.3 Å².